The smallest absolute Gasteiger partial charge is 0.123 e. The summed E-state index contributed by atoms with van der Waals surface area (Å²) in [5.41, 5.74) is 2.11. The highest BCUT2D eigenvalue weighted by atomic mass is 19.1. The lowest BCUT2D eigenvalue weighted by atomic mass is 9.96. The van der Waals surface area contributed by atoms with Crippen LogP contribution in [0, 0.1) is 11.7 Å². The molecule has 0 saturated heterocycles. The summed E-state index contributed by atoms with van der Waals surface area (Å²) in [6, 6.07) is 12.8. The van der Waals surface area contributed by atoms with E-state index in [4.69, 9.17) is 0 Å². The molecular formula is C16H19FN2. The zero-order valence-corrected chi connectivity index (χ0v) is 11.3. The van der Waals surface area contributed by atoms with Crippen LogP contribution >= 0.6 is 0 Å². The Balaban J connectivity index is 2.06. The Morgan fingerprint density at radius 1 is 1.11 bits per heavy atom. The lowest BCUT2D eigenvalue weighted by molar-refractivity contribution is 0.408. The lowest BCUT2D eigenvalue weighted by Gasteiger charge is -2.23. The van der Waals surface area contributed by atoms with Gasteiger partial charge in [0.1, 0.15) is 5.82 Å². The molecule has 19 heavy (non-hydrogen) atoms. The van der Waals surface area contributed by atoms with Crippen molar-refractivity contribution in [1.82, 2.24) is 10.3 Å². The summed E-state index contributed by atoms with van der Waals surface area (Å²) in [7, 11) is 0. The van der Waals surface area contributed by atoms with E-state index in [1.807, 2.05) is 30.3 Å². The minimum absolute atomic E-state index is 0.197. The van der Waals surface area contributed by atoms with Gasteiger partial charge in [-0.25, -0.2) is 4.39 Å². The molecule has 0 aliphatic carbocycles. The highest BCUT2D eigenvalue weighted by Crippen LogP contribution is 2.22. The van der Waals surface area contributed by atoms with E-state index >= 15 is 0 Å². The van der Waals surface area contributed by atoms with Crippen molar-refractivity contribution < 1.29 is 4.39 Å². The molecule has 2 nitrogen and oxygen atoms in total. The molecule has 0 fully saturated rings. The van der Waals surface area contributed by atoms with E-state index in [1.54, 1.807) is 6.20 Å². The van der Waals surface area contributed by atoms with Crippen LogP contribution in [0.15, 0.2) is 48.7 Å². The standard InChI is InChI=1S/C16H19FN2/c1-12(2)16(13-6-8-14(17)9-7-13)19-11-15-5-3-4-10-18-15/h3-10,12,16,19H,11H2,1-2H3. The number of aromatic nitrogens is 1. The summed E-state index contributed by atoms with van der Waals surface area (Å²) >= 11 is 0. The molecule has 0 amide bonds. The Labute approximate surface area is 113 Å². The third kappa shape index (κ3) is 3.86. The normalized spacial score (nSPS) is 12.6. The Kier molecular flexibility index (Phi) is 4.63. The van der Waals surface area contributed by atoms with Gasteiger partial charge >= 0.3 is 0 Å². The first-order valence-corrected chi connectivity index (χ1v) is 6.55. The first-order valence-electron chi connectivity index (χ1n) is 6.55. The summed E-state index contributed by atoms with van der Waals surface area (Å²) in [4.78, 5) is 4.30. The Bertz CT molecular complexity index is 494. The average Bonchev–Trinajstić information content (AvgIpc) is 2.42. The maximum atomic E-state index is 13.0. The molecule has 3 heteroatoms. The minimum atomic E-state index is -0.198. The highest BCUT2D eigenvalue weighted by molar-refractivity contribution is 5.20. The molecule has 1 N–H and O–H groups in total. The van der Waals surface area contributed by atoms with Crippen molar-refractivity contribution in [2.45, 2.75) is 26.4 Å². The quantitative estimate of drug-likeness (QED) is 0.884. The van der Waals surface area contributed by atoms with Gasteiger partial charge in [0, 0.05) is 18.8 Å². The maximum absolute atomic E-state index is 13.0. The van der Waals surface area contributed by atoms with Gasteiger partial charge in [0.05, 0.1) is 5.69 Å². The van der Waals surface area contributed by atoms with E-state index in [1.165, 1.54) is 12.1 Å². The van der Waals surface area contributed by atoms with Gasteiger partial charge in [-0.2, -0.15) is 0 Å². The van der Waals surface area contributed by atoms with Gasteiger partial charge in [-0.15, -0.1) is 0 Å². The van der Waals surface area contributed by atoms with Crippen molar-refractivity contribution in [3.63, 3.8) is 0 Å². The zero-order valence-electron chi connectivity index (χ0n) is 11.3. The van der Waals surface area contributed by atoms with Gasteiger partial charge in [-0.05, 0) is 35.7 Å². The van der Waals surface area contributed by atoms with Crippen molar-refractivity contribution in [3.8, 4) is 0 Å². The van der Waals surface area contributed by atoms with Crippen LogP contribution in [0.1, 0.15) is 31.1 Å². The molecule has 2 rings (SSSR count). The molecule has 1 aromatic carbocycles. The minimum Gasteiger partial charge on any atom is -0.304 e. The third-order valence-corrected chi connectivity index (χ3v) is 3.13. The predicted octanol–water partition coefficient (Wildman–Crippen LogP) is 3.71. The second-order valence-corrected chi connectivity index (χ2v) is 4.98. The molecule has 0 saturated carbocycles. The topological polar surface area (TPSA) is 24.9 Å². The van der Waals surface area contributed by atoms with Crippen molar-refractivity contribution in [3.05, 3.63) is 65.7 Å². The number of nitrogens with zero attached hydrogens (tertiary/aromatic N) is 1. The SMILES string of the molecule is CC(C)C(NCc1ccccn1)c1ccc(F)cc1. The molecule has 2 aromatic rings. The highest BCUT2D eigenvalue weighted by Gasteiger charge is 2.15. The lowest BCUT2D eigenvalue weighted by Crippen LogP contribution is -2.25. The molecule has 0 spiro atoms. The van der Waals surface area contributed by atoms with E-state index in [-0.39, 0.29) is 11.9 Å². The number of nitrogens with one attached hydrogen (secondary N) is 1. The molecule has 0 aliphatic heterocycles. The van der Waals surface area contributed by atoms with Crippen LogP contribution in [0.5, 0.6) is 0 Å². The summed E-state index contributed by atoms with van der Waals surface area (Å²) in [6.45, 7) is 5.01. The number of rotatable bonds is 5. The second-order valence-electron chi connectivity index (χ2n) is 4.98. The number of hydrogen-bond donors (Lipinski definition) is 1. The summed E-state index contributed by atoms with van der Waals surface area (Å²) in [6.07, 6.45) is 1.79. The van der Waals surface area contributed by atoms with Crippen LogP contribution in [0.25, 0.3) is 0 Å². The summed E-state index contributed by atoms with van der Waals surface area (Å²) < 4.78 is 13.0. The van der Waals surface area contributed by atoms with E-state index in [0.29, 0.717) is 12.5 Å². The van der Waals surface area contributed by atoms with Crippen LogP contribution in [0.3, 0.4) is 0 Å². The molecule has 1 aromatic heterocycles. The van der Waals surface area contributed by atoms with Crippen LogP contribution in [0.4, 0.5) is 4.39 Å². The average molecular weight is 258 g/mol. The number of pyridine rings is 1. The molecule has 0 aliphatic rings. The van der Waals surface area contributed by atoms with E-state index < -0.39 is 0 Å². The zero-order chi connectivity index (χ0) is 13.7. The number of hydrogen-bond acceptors (Lipinski definition) is 2. The fourth-order valence-electron chi connectivity index (χ4n) is 2.13. The van der Waals surface area contributed by atoms with Crippen LogP contribution < -0.4 is 5.32 Å². The largest absolute Gasteiger partial charge is 0.304 e. The number of benzene rings is 1. The molecule has 0 radical (unpaired) electrons. The summed E-state index contributed by atoms with van der Waals surface area (Å²) in [5.74, 6) is 0.227. The Morgan fingerprint density at radius 2 is 1.84 bits per heavy atom. The fourth-order valence-corrected chi connectivity index (χ4v) is 2.13. The van der Waals surface area contributed by atoms with Gasteiger partial charge in [-0.1, -0.05) is 32.0 Å². The van der Waals surface area contributed by atoms with Gasteiger partial charge in [0.2, 0.25) is 0 Å². The molecule has 100 valence electrons. The Morgan fingerprint density at radius 3 is 2.42 bits per heavy atom. The van der Waals surface area contributed by atoms with E-state index in [0.717, 1.165) is 11.3 Å². The van der Waals surface area contributed by atoms with Crippen molar-refractivity contribution in [2.75, 3.05) is 0 Å². The summed E-state index contributed by atoms with van der Waals surface area (Å²) in [5, 5.41) is 3.49. The number of halogens is 1. The molecule has 1 atom stereocenters. The molecular weight excluding hydrogens is 239 g/mol. The fraction of sp³-hybridized carbons (Fsp3) is 0.312. The molecule has 0 bridgehead atoms. The first-order chi connectivity index (χ1) is 9.16. The maximum Gasteiger partial charge on any atom is 0.123 e. The first kappa shape index (κ1) is 13.7. The second kappa shape index (κ2) is 6.43. The molecule has 1 unspecified atom stereocenters. The van der Waals surface area contributed by atoms with Gasteiger partial charge < -0.3 is 5.32 Å². The van der Waals surface area contributed by atoms with Crippen LogP contribution in [0.2, 0.25) is 0 Å². The van der Waals surface area contributed by atoms with Crippen molar-refractivity contribution in [2.24, 2.45) is 5.92 Å². The van der Waals surface area contributed by atoms with Gasteiger partial charge in [0.25, 0.3) is 0 Å². The van der Waals surface area contributed by atoms with Crippen molar-refractivity contribution >= 4 is 0 Å². The molecule has 1 heterocycles. The van der Waals surface area contributed by atoms with Crippen molar-refractivity contribution in [1.29, 1.82) is 0 Å². The van der Waals surface area contributed by atoms with Crippen LogP contribution in [-0.2, 0) is 6.54 Å². The van der Waals surface area contributed by atoms with Gasteiger partial charge in [0.15, 0.2) is 0 Å². The predicted molar refractivity (Wildman–Crippen MR) is 75.1 cm³/mol. The third-order valence-electron chi connectivity index (χ3n) is 3.13. The monoisotopic (exact) mass is 258 g/mol. The van der Waals surface area contributed by atoms with E-state index in [2.05, 4.69) is 24.1 Å². The van der Waals surface area contributed by atoms with E-state index in [9.17, 15) is 4.39 Å². The Hall–Kier alpha value is -1.74. The van der Waals surface area contributed by atoms with Crippen LogP contribution in [-0.4, -0.2) is 4.98 Å². The van der Waals surface area contributed by atoms with Gasteiger partial charge in [-0.3, -0.25) is 4.98 Å².